The summed E-state index contributed by atoms with van der Waals surface area (Å²) in [7, 11) is 0. The Labute approximate surface area is 193 Å². The van der Waals surface area contributed by atoms with Gasteiger partial charge in [-0.05, 0) is 38.5 Å². The number of nitrogens with zero attached hydrogens (tertiary/aromatic N) is 3. The van der Waals surface area contributed by atoms with Gasteiger partial charge in [-0.1, -0.05) is 32.1 Å². The minimum Gasteiger partial charge on any atom is -0.490 e. The molecule has 1 saturated heterocycles. The molecular formula is C22H28F3N3O4S. The van der Waals surface area contributed by atoms with Crippen LogP contribution in [0.5, 0.6) is 5.75 Å². The second-order valence-corrected chi connectivity index (χ2v) is 10.6. The summed E-state index contributed by atoms with van der Waals surface area (Å²) >= 11 is 1.20. The molecule has 2 aromatic rings. The van der Waals surface area contributed by atoms with Crippen LogP contribution in [0.4, 0.5) is 13.2 Å². The number of hydrogen-bond donors (Lipinski definition) is 1. The summed E-state index contributed by atoms with van der Waals surface area (Å²) in [6.45, 7) is 9.71. The highest BCUT2D eigenvalue weighted by Crippen LogP contribution is 2.33. The average molecular weight is 488 g/mol. The Hall–Kier alpha value is -2.24. The van der Waals surface area contributed by atoms with Gasteiger partial charge in [0, 0.05) is 12.0 Å². The zero-order valence-corrected chi connectivity index (χ0v) is 20.0. The number of halogens is 3. The first-order valence-electron chi connectivity index (χ1n) is 10.5. The summed E-state index contributed by atoms with van der Waals surface area (Å²) < 4.78 is 52.4. The van der Waals surface area contributed by atoms with Gasteiger partial charge in [0.1, 0.15) is 17.4 Å². The van der Waals surface area contributed by atoms with Crippen LogP contribution in [0.15, 0.2) is 23.2 Å². The Balaban J connectivity index is 2.05. The number of benzene rings is 1. The SMILES string of the molecule is CC(C)(O)COc1ccc(C(F)(F)F)cc1C(=O)/N=c1\sc(C(C)(C)C)nn1CC1CCO1. The Morgan fingerprint density at radius 3 is 2.48 bits per heavy atom. The first-order chi connectivity index (χ1) is 15.1. The third-order valence-electron chi connectivity index (χ3n) is 4.75. The Kier molecular flexibility index (Phi) is 7.07. The Morgan fingerprint density at radius 1 is 1.30 bits per heavy atom. The van der Waals surface area contributed by atoms with Crippen LogP contribution in [-0.2, 0) is 22.9 Å². The predicted molar refractivity (Wildman–Crippen MR) is 116 cm³/mol. The van der Waals surface area contributed by atoms with Gasteiger partial charge in [-0.2, -0.15) is 23.3 Å². The van der Waals surface area contributed by atoms with Crippen molar-refractivity contribution in [1.82, 2.24) is 9.78 Å². The van der Waals surface area contributed by atoms with E-state index in [4.69, 9.17) is 9.47 Å². The highest BCUT2D eigenvalue weighted by atomic mass is 32.1. The molecule has 1 aliphatic rings. The number of carbonyl (C=O) groups is 1. The Morgan fingerprint density at radius 2 is 1.97 bits per heavy atom. The van der Waals surface area contributed by atoms with Crippen molar-refractivity contribution in [2.75, 3.05) is 13.2 Å². The van der Waals surface area contributed by atoms with Gasteiger partial charge in [0.2, 0.25) is 4.80 Å². The van der Waals surface area contributed by atoms with E-state index in [0.29, 0.717) is 13.2 Å². The number of aromatic nitrogens is 2. The monoisotopic (exact) mass is 487 g/mol. The standard InChI is InChI=1S/C22H28F3N3O4S/c1-20(2,3)18-27-28(11-14-8-9-31-14)19(33-18)26-17(29)15-10-13(22(23,24)25)6-7-16(15)32-12-21(4,5)30/h6-7,10,14,30H,8-9,11-12H2,1-5H3/b26-19-. The van der Waals surface area contributed by atoms with Crippen molar-refractivity contribution in [1.29, 1.82) is 0 Å². The number of ether oxygens (including phenoxy) is 2. The molecule has 0 radical (unpaired) electrons. The maximum absolute atomic E-state index is 13.3. The third-order valence-corrected chi connectivity index (χ3v) is 6.12. The maximum Gasteiger partial charge on any atom is 0.416 e. The molecule has 182 valence electrons. The lowest BCUT2D eigenvalue weighted by Gasteiger charge is -2.26. The number of amides is 1. The largest absolute Gasteiger partial charge is 0.490 e. The fourth-order valence-corrected chi connectivity index (χ4v) is 3.80. The van der Waals surface area contributed by atoms with Crippen LogP contribution in [0.2, 0.25) is 0 Å². The lowest BCUT2D eigenvalue weighted by molar-refractivity contribution is -0.137. The van der Waals surface area contributed by atoms with Gasteiger partial charge in [-0.15, -0.1) is 0 Å². The van der Waals surface area contributed by atoms with E-state index in [1.165, 1.54) is 25.2 Å². The highest BCUT2D eigenvalue weighted by molar-refractivity contribution is 7.09. The van der Waals surface area contributed by atoms with E-state index < -0.39 is 23.2 Å². The highest BCUT2D eigenvalue weighted by Gasteiger charge is 2.32. The molecule has 1 aliphatic heterocycles. The number of rotatable bonds is 6. The number of alkyl halides is 3. The summed E-state index contributed by atoms with van der Waals surface area (Å²) in [5, 5.41) is 15.2. The Bertz CT molecular complexity index is 1070. The summed E-state index contributed by atoms with van der Waals surface area (Å²) in [5.41, 5.74) is -2.88. The van der Waals surface area contributed by atoms with Crippen LogP contribution in [-0.4, -0.2) is 45.7 Å². The zero-order valence-electron chi connectivity index (χ0n) is 19.2. The predicted octanol–water partition coefficient (Wildman–Crippen LogP) is 3.94. The fourth-order valence-electron chi connectivity index (χ4n) is 2.84. The van der Waals surface area contributed by atoms with Crippen LogP contribution in [0.25, 0.3) is 0 Å². The molecule has 0 saturated carbocycles. The average Bonchev–Trinajstić information content (AvgIpc) is 3.04. The molecule has 1 amide bonds. The smallest absolute Gasteiger partial charge is 0.416 e. The van der Waals surface area contributed by atoms with E-state index in [1.807, 2.05) is 20.8 Å². The van der Waals surface area contributed by atoms with Crippen LogP contribution in [0.1, 0.15) is 62.0 Å². The number of carbonyl (C=O) groups excluding carboxylic acids is 1. The van der Waals surface area contributed by atoms with Gasteiger partial charge in [-0.25, -0.2) is 4.68 Å². The molecular weight excluding hydrogens is 459 g/mol. The summed E-state index contributed by atoms with van der Waals surface area (Å²) in [4.78, 5) is 17.5. The first-order valence-corrected chi connectivity index (χ1v) is 11.3. The zero-order chi connectivity index (χ0) is 24.6. The molecule has 7 nitrogen and oxygen atoms in total. The minimum atomic E-state index is -4.64. The van der Waals surface area contributed by atoms with Crippen molar-refractivity contribution >= 4 is 17.2 Å². The molecule has 0 spiro atoms. The third kappa shape index (κ3) is 6.64. The van der Waals surface area contributed by atoms with Crippen molar-refractivity contribution in [2.24, 2.45) is 4.99 Å². The second kappa shape index (κ2) is 9.19. The van der Waals surface area contributed by atoms with Gasteiger partial charge < -0.3 is 14.6 Å². The molecule has 1 N–H and O–H groups in total. The molecule has 2 heterocycles. The maximum atomic E-state index is 13.3. The number of aliphatic hydroxyl groups is 1. The normalized spacial score (nSPS) is 17.7. The van der Waals surface area contributed by atoms with Crippen LogP contribution < -0.4 is 9.54 Å². The molecule has 11 heteroatoms. The van der Waals surface area contributed by atoms with E-state index >= 15 is 0 Å². The van der Waals surface area contributed by atoms with Gasteiger partial charge in [-0.3, -0.25) is 4.79 Å². The molecule has 1 aromatic heterocycles. The van der Waals surface area contributed by atoms with Gasteiger partial charge in [0.15, 0.2) is 0 Å². The van der Waals surface area contributed by atoms with E-state index in [9.17, 15) is 23.1 Å². The van der Waals surface area contributed by atoms with E-state index in [0.717, 1.165) is 29.6 Å². The summed E-state index contributed by atoms with van der Waals surface area (Å²) in [6.07, 6.45) is -3.84. The fraction of sp³-hybridized carbons (Fsp3) is 0.591. The van der Waals surface area contributed by atoms with Crippen molar-refractivity contribution in [3.05, 3.63) is 39.1 Å². The minimum absolute atomic E-state index is 0.0480. The van der Waals surface area contributed by atoms with Crippen molar-refractivity contribution in [2.45, 2.75) is 70.9 Å². The molecule has 0 bridgehead atoms. The molecule has 3 rings (SSSR count). The second-order valence-electron chi connectivity index (χ2n) is 9.63. The van der Waals surface area contributed by atoms with Crippen LogP contribution in [0.3, 0.4) is 0 Å². The molecule has 1 atom stereocenters. The van der Waals surface area contributed by atoms with E-state index in [-0.39, 0.29) is 34.2 Å². The molecule has 1 fully saturated rings. The van der Waals surface area contributed by atoms with E-state index in [1.54, 1.807) is 4.68 Å². The summed E-state index contributed by atoms with van der Waals surface area (Å²) in [6, 6.07) is 2.62. The van der Waals surface area contributed by atoms with Crippen molar-refractivity contribution in [3.8, 4) is 5.75 Å². The van der Waals surface area contributed by atoms with Crippen molar-refractivity contribution < 1.29 is 32.5 Å². The molecule has 33 heavy (non-hydrogen) atoms. The first kappa shape index (κ1) is 25.4. The van der Waals surface area contributed by atoms with E-state index in [2.05, 4.69) is 10.1 Å². The topological polar surface area (TPSA) is 85.9 Å². The van der Waals surface area contributed by atoms with Crippen molar-refractivity contribution in [3.63, 3.8) is 0 Å². The molecule has 0 aliphatic carbocycles. The van der Waals surface area contributed by atoms with Gasteiger partial charge in [0.05, 0.1) is 29.4 Å². The molecule has 1 aromatic carbocycles. The van der Waals surface area contributed by atoms with Crippen LogP contribution in [0, 0.1) is 0 Å². The van der Waals surface area contributed by atoms with Gasteiger partial charge in [0.25, 0.3) is 5.91 Å². The molecule has 1 unspecified atom stereocenters. The summed E-state index contributed by atoms with van der Waals surface area (Å²) in [5.74, 6) is -0.979. The number of hydrogen-bond acceptors (Lipinski definition) is 6. The van der Waals surface area contributed by atoms with Crippen LogP contribution >= 0.6 is 11.3 Å². The van der Waals surface area contributed by atoms with Gasteiger partial charge >= 0.3 is 6.18 Å². The quantitative estimate of drug-likeness (QED) is 0.667. The lowest BCUT2D eigenvalue weighted by atomic mass is 9.98. The lowest BCUT2D eigenvalue weighted by Crippen LogP contribution is -2.35.